The van der Waals surface area contributed by atoms with Crippen LogP contribution in [0, 0.1) is 46.3 Å². The maximum absolute atomic E-state index is 11.6. The first-order chi connectivity index (χ1) is 15.4. The van der Waals surface area contributed by atoms with E-state index >= 15 is 0 Å². The fourth-order valence-corrected chi connectivity index (χ4v) is 9.17. The van der Waals surface area contributed by atoms with Crippen LogP contribution >= 0.6 is 0 Å². The van der Waals surface area contributed by atoms with Crippen molar-refractivity contribution >= 4 is 0 Å². The molecule has 13 atom stereocenters. The van der Waals surface area contributed by atoms with Gasteiger partial charge in [-0.3, -0.25) is 0 Å². The van der Waals surface area contributed by atoms with E-state index in [4.69, 9.17) is 0 Å². The van der Waals surface area contributed by atoms with E-state index in [1.165, 1.54) is 6.92 Å². The number of aliphatic hydroxyl groups is 6. The van der Waals surface area contributed by atoms with Crippen molar-refractivity contribution in [2.75, 3.05) is 6.61 Å². The van der Waals surface area contributed by atoms with Crippen LogP contribution < -0.4 is 0 Å². The highest BCUT2D eigenvalue weighted by Gasteiger charge is 2.65. The second-order valence-electron chi connectivity index (χ2n) is 13.1. The van der Waals surface area contributed by atoms with Gasteiger partial charge in [-0.25, -0.2) is 0 Å². The summed E-state index contributed by atoms with van der Waals surface area (Å²) in [7, 11) is 0. The number of hydrogen-bond donors (Lipinski definition) is 6. The van der Waals surface area contributed by atoms with E-state index in [2.05, 4.69) is 20.8 Å². The maximum Gasteiger partial charge on any atom is 0.111 e. The van der Waals surface area contributed by atoms with Crippen LogP contribution in [-0.2, 0) is 0 Å². The van der Waals surface area contributed by atoms with Crippen LogP contribution in [0.5, 0.6) is 0 Å². The second kappa shape index (κ2) is 9.01. The molecule has 192 valence electrons. The number of aliphatic hydroxyl groups excluding tert-OH is 5. The summed E-state index contributed by atoms with van der Waals surface area (Å²) in [4.78, 5) is 0. The van der Waals surface area contributed by atoms with Gasteiger partial charge in [-0.1, -0.05) is 20.8 Å². The van der Waals surface area contributed by atoms with Crippen molar-refractivity contribution in [2.45, 2.75) is 115 Å². The molecule has 4 saturated carbocycles. The Hall–Kier alpha value is -0.240. The molecule has 0 bridgehead atoms. The van der Waals surface area contributed by atoms with Gasteiger partial charge in [0.1, 0.15) is 5.60 Å². The van der Waals surface area contributed by atoms with E-state index in [-0.39, 0.29) is 40.8 Å². The Bertz CT molecular complexity index is 698. The van der Waals surface area contributed by atoms with E-state index in [1.807, 2.05) is 0 Å². The van der Waals surface area contributed by atoms with Crippen molar-refractivity contribution in [2.24, 2.45) is 46.3 Å². The summed E-state index contributed by atoms with van der Waals surface area (Å²) in [6, 6.07) is 0. The monoisotopic (exact) mass is 468 g/mol. The summed E-state index contributed by atoms with van der Waals surface area (Å²) in [5.74, 6) is 1.67. The zero-order valence-electron chi connectivity index (χ0n) is 21.0. The molecular weight excluding hydrogens is 420 g/mol. The van der Waals surface area contributed by atoms with E-state index in [0.717, 1.165) is 51.4 Å². The van der Waals surface area contributed by atoms with Gasteiger partial charge in [-0.05, 0) is 111 Å². The molecule has 0 aliphatic heterocycles. The molecule has 0 heterocycles. The minimum atomic E-state index is -1.49. The predicted molar refractivity (Wildman–Crippen MR) is 126 cm³/mol. The van der Waals surface area contributed by atoms with Crippen molar-refractivity contribution in [1.29, 1.82) is 0 Å². The Morgan fingerprint density at radius 2 is 1.67 bits per heavy atom. The molecule has 0 aromatic rings. The Balaban J connectivity index is 1.52. The van der Waals surface area contributed by atoms with Crippen LogP contribution in [0.3, 0.4) is 0 Å². The van der Waals surface area contributed by atoms with Gasteiger partial charge in [0.05, 0.1) is 31.0 Å². The summed E-state index contributed by atoms with van der Waals surface area (Å²) in [6.45, 7) is 7.77. The minimum Gasteiger partial charge on any atom is -0.393 e. The maximum atomic E-state index is 11.6. The van der Waals surface area contributed by atoms with Gasteiger partial charge >= 0.3 is 0 Å². The fraction of sp³-hybridized carbons (Fsp3) is 1.00. The van der Waals surface area contributed by atoms with Crippen LogP contribution in [0.4, 0.5) is 0 Å². The normalized spacial score (nSPS) is 51.1. The SMILES string of the molecule is CC(CCC(O)C(C)(O)CO)C1CCC2C3C(O)CC4CC(O)CCC4(C)C3CC(O)C12C. The average molecular weight is 469 g/mol. The Morgan fingerprint density at radius 3 is 2.33 bits per heavy atom. The van der Waals surface area contributed by atoms with Crippen molar-refractivity contribution in [1.82, 2.24) is 0 Å². The molecule has 0 aromatic heterocycles. The lowest BCUT2D eigenvalue weighted by Gasteiger charge is -2.63. The quantitative estimate of drug-likeness (QED) is 0.356. The summed E-state index contributed by atoms with van der Waals surface area (Å²) in [6.07, 6.45) is 5.21. The summed E-state index contributed by atoms with van der Waals surface area (Å²) < 4.78 is 0. The highest BCUT2D eigenvalue weighted by molar-refractivity contribution is 5.14. The van der Waals surface area contributed by atoms with Gasteiger partial charge < -0.3 is 30.6 Å². The van der Waals surface area contributed by atoms with Crippen molar-refractivity contribution < 1.29 is 30.6 Å². The van der Waals surface area contributed by atoms with E-state index in [9.17, 15) is 30.6 Å². The largest absolute Gasteiger partial charge is 0.393 e. The number of rotatable bonds is 6. The lowest BCUT2D eigenvalue weighted by Crippen LogP contribution is -2.62. The number of hydrogen-bond acceptors (Lipinski definition) is 6. The Kier molecular flexibility index (Phi) is 7.05. The molecule has 0 radical (unpaired) electrons. The molecule has 4 rings (SSSR count). The molecule has 33 heavy (non-hydrogen) atoms. The smallest absolute Gasteiger partial charge is 0.111 e. The summed E-state index contributed by atoms with van der Waals surface area (Å²) in [5.41, 5.74) is -1.68. The van der Waals surface area contributed by atoms with Gasteiger partial charge in [0.2, 0.25) is 0 Å². The molecule has 0 spiro atoms. The minimum absolute atomic E-state index is 0.0785. The average Bonchev–Trinajstić information content (AvgIpc) is 3.12. The molecule has 6 N–H and O–H groups in total. The van der Waals surface area contributed by atoms with Crippen LogP contribution in [0.25, 0.3) is 0 Å². The molecule has 6 heteroatoms. The molecule has 13 unspecified atom stereocenters. The second-order valence-corrected chi connectivity index (χ2v) is 13.1. The van der Waals surface area contributed by atoms with Crippen LogP contribution in [-0.4, -0.2) is 67.3 Å². The topological polar surface area (TPSA) is 121 Å². The molecule has 0 saturated heterocycles. The van der Waals surface area contributed by atoms with Crippen molar-refractivity contribution in [3.05, 3.63) is 0 Å². The standard InChI is InChI=1S/C27H48O6/c1-15(5-8-22(31)26(3,33)14-28)18-6-7-19-24-20(13-23(32)27(18,19)4)25(2)10-9-17(29)11-16(25)12-21(24)30/h15-24,28-33H,5-14H2,1-4H3. The summed E-state index contributed by atoms with van der Waals surface area (Å²) >= 11 is 0. The van der Waals surface area contributed by atoms with Crippen LogP contribution in [0.15, 0.2) is 0 Å². The van der Waals surface area contributed by atoms with E-state index in [1.54, 1.807) is 0 Å². The summed E-state index contributed by atoms with van der Waals surface area (Å²) in [5, 5.41) is 63.1. The van der Waals surface area contributed by atoms with E-state index < -0.39 is 24.4 Å². The van der Waals surface area contributed by atoms with E-state index in [0.29, 0.717) is 24.2 Å². The Labute approximate surface area is 199 Å². The van der Waals surface area contributed by atoms with Crippen LogP contribution in [0.1, 0.15) is 85.5 Å². The fourth-order valence-electron chi connectivity index (χ4n) is 9.17. The first-order valence-electron chi connectivity index (χ1n) is 13.4. The zero-order valence-corrected chi connectivity index (χ0v) is 21.0. The third-order valence-electron chi connectivity index (χ3n) is 11.5. The first kappa shape index (κ1) is 25.8. The lowest BCUT2D eigenvalue weighted by molar-refractivity contribution is -0.207. The highest BCUT2D eigenvalue weighted by atomic mass is 16.4. The molecule has 4 fully saturated rings. The zero-order chi connectivity index (χ0) is 24.3. The molecule has 4 aliphatic rings. The predicted octanol–water partition coefficient (Wildman–Crippen LogP) is 2.47. The van der Waals surface area contributed by atoms with Crippen molar-refractivity contribution in [3.8, 4) is 0 Å². The van der Waals surface area contributed by atoms with Gasteiger partial charge in [-0.2, -0.15) is 0 Å². The molecule has 4 aliphatic carbocycles. The first-order valence-corrected chi connectivity index (χ1v) is 13.4. The highest BCUT2D eigenvalue weighted by Crippen LogP contribution is 2.68. The molecular formula is C27H48O6. The molecule has 6 nitrogen and oxygen atoms in total. The van der Waals surface area contributed by atoms with Gasteiger partial charge in [0.15, 0.2) is 0 Å². The van der Waals surface area contributed by atoms with Gasteiger partial charge in [0, 0.05) is 0 Å². The molecule has 0 amide bonds. The third-order valence-corrected chi connectivity index (χ3v) is 11.5. The Morgan fingerprint density at radius 1 is 0.970 bits per heavy atom. The van der Waals surface area contributed by atoms with Crippen molar-refractivity contribution in [3.63, 3.8) is 0 Å². The lowest BCUT2D eigenvalue weighted by atomic mass is 9.43. The number of fused-ring (bicyclic) bond motifs is 5. The van der Waals surface area contributed by atoms with Gasteiger partial charge in [0.25, 0.3) is 0 Å². The van der Waals surface area contributed by atoms with Crippen LogP contribution in [0.2, 0.25) is 0 Å². The van der Waals surface area contributed by atoms with Gasteiger partial charge in [-0.15, -0.1) is 0 Å². The molecule has 0 aromatic carbocycles. The third kappa shape index (κ3) is 4.11.